The minimum absolute atomic E-state index is 0.579. The molecule has 1 saturated heterocycles. The Morgan fingerprint density at radius 1 is 1.44 bits per heavy atom. The average molecular weight is 220 g/mol. The average Bonchev–Trinajstić information content (AvgIpc) is 2.81. The van der Waals surface area contributed by atoms with Gasteiger partial charge in [-0.15, -0.1) is 0 Å². The molecule has 1 unspecified atom stereocenters. The first-order chi connectivity index (χ1) is 7.72. The van der Waals surface area contributed by atoms with Crippen LogP contribution in [0.1, 0.15) is 12.0 Å². The molecule has 1 aliphatic heterocycles. The third-order valence-electron chi connectivity index (χ3n) is 3.30. The first-order valence-electron chi connectivity index (χ1n) is 5.80. The fourth-order valence-electron chi connectivity index (χ4n) is 2.24. The van der Waals surface area contributed by atoms with E-state index in [4.69, 9.17) is 4.74 Å². The van der Waals surface area contributed by atoms with E-state index in [0.717, 1.165) is 18.8 Å². The van der Waals surface area contributed by atoms with Crippen LogP contribution in [0.4, 0.5) is 5.69 Å². The highest BCUT2D eigenvalue weighted by Gasteiger charge is 2.21. The fraction of sp³-hybridized carbons (Fsp3) is 0.538. The van der Waals surface area contributed by atoms with Crippen LogP contribution in [0.15, 0.2) is 18.2 Å². The first kappa shape index (κ1) is 11.3. The van der Waals surface area contributed by atoms with Gasteiger partial charge in [0.1, 0.15) is 5.75 Å². The van der Waals surface area contributed by atoms with E-state index in [1.165, 1.54) is 17.7 Å². The molecule has 1 aromatic carbocycles. The Kier molecular flexibility index (Phi) is 3.34. The van der Waals surface area contributed by atoms with Gasteiger partial charge >= 0.3 is 0 Å². The van der Waals surface area contributed by atoms with Gasteiger partial charge in [-0.05, 0) is 37.6 Å². The molecular formula is C13H20N2O. The summed E-state index contributed by atoms with van der Waals surface area (Å²) in [7, 11) is 3.88. The van der Waals surface area contributed by atoms with Crippen molar-refractivity contribution in [1.82, 2.24) is 5.32 Å². The first-order valence-corrected chi connectivity index (χ1v) is 5.80. The van der Waals surface area contributed by atoms with Gasteiger partial charge in [-0.25, -0.2) is 0 Å². The monoisotopic (exact) mass is 220 g/mol. The topological polar surface area (TPSA) is 24.5 Å². The Bertz CT molecular complexity index is 359. The van der Waals surface area contributed by atoms with Crippen LogP contribution < -0.4 is 15.0 Å². The molecule has 1 aliphatic rings. The Morgan fingerprint density at radius 3 is 2.88 bits per heavy atom. The smallest absolute Gasteiger partial charge is 0.142 e. The van der Waals surface area contributed by atoms with Crippen LogP contribution in [0, 0.1) is 6.92 Å². The summed E-state index contributed by atoms with van der Waals surface area (Å²) in [4.78, 5) is 2.33. The zero-order valence-corrected chi connectivity index (χ0v) is 10.3. The van der Waals surface area contributed by atoms with E-state index in [-0.39, 0.29) is 0 Å². The summed E-state index contributed by atoms with van der Waals surface area (Å²) in [6.45, 7) is 4.29. The predicted octanol–water partition coefficient (Wildman–Crippen LogP) is 1.80. The zero-order valence-electron chi connectivity index (χ0n) is 10.3. The van der Waals surface area contributed by atoms with E-state index in [2.05, 4.69) is 36.3 Å². The third-order valence-corrected chi connectivity index (χ3v) is 3.30. The highest BCUT2D eigenvalue weighted by atomic mass is 16.5. The van der Waals surface area contributed by atoms with Crippen molar-refractivity contribution in [2.24, 2.45) is 0 Å². The van der Waals surface area contributed by atoms with Crippen molar-refractivity contribution >= 4 is 5.69 Å². The maximum Gasteiger partial charge on any atom is 0.142 e. The summed E-state index contributed by atoms with van der Waals surface area (Å²) in [6, 6.07) is 6.90. The van der Waals surface area contributed by atoms with E-state index >= 15 is 0 Å². The number of aryl methyl sites for hydroxylation is 1. The van der Waals surface area contributed by atoms with Gasteiger partial charge in [0.25, 0.3) is 0 Å². The van der Waals surface area contributed by atoms with Crippen LogP contribution in [0.5, 0.6) is 5.75 Å². The molecule has 0 aliphatic carbocycles. The second-order valence-electron chi connectivity index (χ2n) is 4.43. The van der Waals surface area contributed by atoms with E-state index in [1.807, 2.05) is 6.07 Å². The van der Waals surface area contributed by atoms with Crippen molar-refractivity contribution < 1.29 is 4.74 Å². The van der Waals surface area contributed by atoms with Crippen LogP contribution >= 0.6 is 0 Å². The molecule has 0 radical (unpaired) electrons. The summed E-state index contributed by atoms with van der Waals surface area (Å²) in [5.74, 6) is 0.958. The largest absolute Gasteiger partial charge is 0.495 e. The summed E-state index contributed by atoms with van der Waals surface area (Å²) >= 11 is 0. The maximum absolute atomic E-state index is 5.42. The van der Waals surface area contributed by atoms with Crippen LogP contribution in [0.25, 0.3) is 0 Å². The molecule has 1 atom stereocenters. The molecular weight excluding hydrogens is 200 g/mol. The molecule has 16 heavy (non-hydrogen) atoms. The van der Waals surface area contributed by atoms with Crippen molar-refractivity contribution in [2.75, 3.05) is 32.1 Å². The van der Waals surface area contributed by atoms with Crippen molar-refractivity contribution in [3.8, 4) is 5.75 Å². The van der Waals surface area contributed by atoms with Crippen molar-refractivity contribution in [3.05, 3.63) is 23.8 Å². The summed E-state index contributed by atoms with van der Waals surface area (Å²) in [5, 5.41) is 3.39. The van der Waals surface area contributed by atoms with Crippen LogP contribution in [0.3, 0.4) is 0 Å². The molecule has 0 bridgehead atoms. The number of hydrogen-bond acceptors (Lipinski definition) is 3. The SMILES string of the molecule is COc1ccc(C)cc1N(C)C1CCNC1. The summed E-state index contributed by atoms with van der Waals surface area (Å²) in [5.41, 5.74) is 2.46. The molecule has 1 fully saturated rings. The lowest BCUT2D eigenvalue weighted by Crippen LogP contribution is -2.33. The lowest BCUT2D eigenvalue weighted by atomic mass is 10.1. The molecule has 0 saturated carbocycles. The number of hydrogen-bond donors (Lipinski definition) is 1. The lowest BCUT2D eigenvalue weighted by molar-refractivity contribution is 0.413. The van der Waals surface area contributed by atoms with E-state index in [1.54, 1.807) is 7.11 Å². The number of nitrogens with zero attached hydrogens (tertiary/aromatic N) is 1. The van der Waals surface area contributed by atoms with Gasteiger partial charge < -0.3 is 15.0 Å². The van der Waals surface area contributed by atoms with E-state index < -0.39 is 0 Å². The zero-order chi connectivity index (χ0) is 11.5. The Hall–Kier alpha value is -1.22. The Morgan fingerprint density at radius 2 is 2.25 bits per heavy atom. The standard InChI is InChI=1S/C13H20N2O/c1-10-4-5-13(16-3)12(8-10)15(2)11-6-7-14-9-11/h4-5,8,11,14H,6-7,9H2,1-3H3. The molecule has 3 heteroatoms. The number of ether oxygens (including phenoxy) is 1. The third kappa shape index (κ3) is 2.14. The number of anilines is 1. The van der Waals surface area contributed by atoms with E-state index in [0.29, 0.717) is 6.04 Å². The van der Waals surface area contributed by atoms with Crippen molar-refractivity contribution in [1.29, 1.82) is 0 Å². The fourth-order valence-corrected chi connectivity index (χ4v) is 2.24. The summed E-state index contributed by atoms with van der Waals surface area (Å²) in [6.07, 6.45) is 1.20. The van der Waals surface area contributed by atoms with Crippen LogP contribution in [-0.4, -0.2) is 33.3 Å². The van der Waals surface area contributed by atoms with Gasteiger partial charge in [0.05, 0.1) is 12.8 Å². The van der Waals surface area contributed by atoms with Crippen LogP contribution in [0.2, 0.25) is 0 Å². The second-order valence-corrected chi connectivity index (χ2v) is 4.43. The lowest BCUT2D eigenvalue weighted by Gasteiger charge is -2.27. The summed E-state index contributed by atoms with van der Waals surface area (Å²) < 4.78 is 5.42. The van der Waals surface area contributed by atoms with Gasteiger partial charge in [-0.1, -0.05) is 6.07 Å². The Balaban J connectivity index is 2.26. The van der Waals surface area contributed by atoms with Gasteiger partial charge in [0.15, 0.2) is 0 Å². The molecule has 0 amide bonds. The Labute approximate surface area is 97.4 Å². The molecule has 1 N–H and O–H groups in total. The molecule has 1 heterocycles. The quantitative estimate of drug-likeness (QED) is 0.840. The molecule has 2 rings (SSSR count). The normalized spacial score (nSPS) is 19.8. The van der Waals surface area contributed by atoms with Gasteiger partial charge in [0.2, 0.25) is 0 Å². The van der Waals surface area contributed by atoms with Crippen LogP contribution in [-0.2, 0) is 0 Å². The molecule has 3 nitrogen and oxygen atoms in total. The van der Waals surface area contributed by atoms with Crippen molar-refractivity contribution in [2.45, 2.75) is 19.4 Å². The molecule has 1 aromatic rings. The van der Waals surface area contributed by atoms with Gasteiger partial charge in [0, 0.05) is 19.6 Å². The van der Waals surface area contributed by atoms with Crippen molar-refractivity contribution in [3.63, 3.8) is 0 Å². The number of benzene rings is 1. The maximum atomic E-state index is 5.42. The minimum Gasteiger partial charge on any atom is -0.495 e. The van der Waals surface area contributed by atoms with Gasteiger partial charge in [-0.3, -0.25) is 0 Å². The number of nitrogens with one attached hydrogen (secondary N) is 1. The highest BCUT2D eigenvalue weighted by molar-refractivity contribution is 5.60. The number of likely N-dealkylation sites (N-methyl/N-ethyl adjacent to an activating group) is 1. The van der Waals surface area contributed by atoms with Gasteiger partial charge in [-0.2, -0.15) is 0 Å². The highest BCUT2D eigenvalue weighted by Crippen LogP contribution is 2.30. The molecule has 0 spiro atoms. The molecule has 0 aromatic heterocycles. The minimum atomic E-state index is 0.579. The predicted molar refractivity (Wildman–Crippen MR) is 67.4 cm³/mol. The second kappa shape index (κ2) is 4.74. The number of rotatable bonds is 3. The molecule has 88 valence electrons. The van der Waals surface area contributed by atoms with E-state index in [9.17, 15) is 0 Å². The number of methoxy groups -OCH3 is 1.